The van der Waals surface area contributed by atoms with Crippen molar-refractivity contribution in [2.45, 2.75) is 32.1 Å². The summed E-state index contributed by atoms with van der Waals surface area (Å²) in [5.41, 5.74) is 4.11. The number of nitrogens with one attached hydrogen (secondary N) is 1. The first-order chi connectivity index (χ1) is 10.7. The van der Waals surface area contributed by atoms with E-state index in [2.05, 4.69) is 17.1 Å². The SMILES string of the molecule is Cc1c(C2CN3CCNC[C@@H]3CCO2)ccc2c1COC2=O. The zero-order chi connectivity index (χ0) is 15.1. The molecule has 0 spiro atoms. The molecule has 1 aromatic rings. The minimum atomic E-state index is -0.200. The van der Waals surface area contributed by atoms with Crippen LogP contribution in [0.5, 0.6) is 0 Å². The second kappa shape index (κ2) is 5.65. The summed E-state index contributed by atoms with van der Waals surface area (Å²) < 4.78 is 11.3. The number of nitrogens with zero attached hydrogens (tertiary/aromatic N) is 1. The Hall–Kier alpha value is -1.43. The highest BCUT2D eigenvalue weighted by molar-refractivity contribution is 5.93. The van der Waals surface area contributed by atoms with Gasteiger partial charge in [0.2, 0.25) is 0 Å². The van der Waals surface area contributed by atoms with Crippen LogP contribution in [0.25, 0.3) is 0 Å². The maximum atomic E-state index is 11.7. The topological polar surface area (TPSA) is 50.8 Å². The molecule has 4 rings (SSSR count). The minimum Gasteiger partial charge on any atom is -0.457 e. The number of ether oxygens (including phenoxy) is 2. The fraction of sp³-hybridized carbons (Fsp3) is 0.588. The van der Waals surface area contributed by atoms with Gasteiger partial charge < -0.3 is 14.8 Å². The molecule has 0 amide bonds. The van der Waals surface area contributed by atoms with Crippen molar-refractivity contribution in [1.82, 2.24) is 10.2 Å². The number of carbonyl (C=O) groups is 1. The van der Waals surface area contributed by atoms with Gasteiger partial charge >= 0.3 is 5.97 Å². The molecule has 2 fully saturated rings. The molecule has 0 aliphatic carbocycles. The summed E-state index contributed by atoms with van der Waals surface area (Å²) in [5, 5.41) is 3.47. The Balaban J connectivity index is 1.63. The lowest BCUT2D eigenvalue weighted by Crippen LogP contribution is -2.51. The zero-order valence-corrected chi connectivity index (χ0v) is 12.9. The van der Waals surface area contributed by atoms with E-state index < -0.39 is 0 Å². The maximum Gasteiger partial charge on any atom is 0.338 e. The number of esters is 1. The third-order valence-corrected chi connectivity index (χ3v) is 5.20. The fourth-order valence-electron chi connectivity index (χ4n) is 3.84. The van der Waals surface area contributed by atoms with Crippen molar-refractivity contribution >= 4 is 5.97 Å². The number of fused-ring (bicyclic) bond motifs is 2. The van der Waals surface area contributed by atoms with Crippen LogP contribution in [0.1, 0.15) is 39.6 Å². The molecule has 2 atom stereocenters. The van der Waals surface area contributed by atoms with Gasteiger partial charge in [0.1, 0.15) is 6.61 Å². The summed E-state index contributed by atoms with van der Waals surface area (Å²) in [7, 11) is 0. The van der Waals surface area contributed by atoms with Gasteiger partial charge in [0.25, 0.3) is 0 Å². The Morgan fingerprint density at radius 2 is 2.27 bits per heavy atom. The quantitative estimate of drug-likeness (QED) is 0.795. The van der Waals surface area contributed by atoms with Crippen molar-refractivity contribution in [2.24, 2.45) is 0 Å². The third kappa shape index (κ3) is 2.33. The van der Waals surface area contributed by atoms with E-state index >= 15 is 0 Å². The van der Waals surface area contributed by atoms with Crippen molar-refractivity contribution < 1.29 is 14.3 Å². The van der Waals surface area contributed by atoms with Crippen molar-refractivity contribution in [2.75, 3.05) is 32.8 Å². The zero-order valence-electron chi connectivity index (χ0n) is 12.9. The van der Waals surface area contributed by atoms with Gasteiger partial charge in [-0.15, -0.1) is 0 Å². The molecule has 5 nitrogen and oxygen atoms in total. The van der Waals surface area contributed by atoms with Crippen LogP contribution in [0.4, 0.5) is 0 Å². The van der Waals surface area contributed by atoms with Crippen LogP contribution in [-0.2, 0) is 16.1 Å². The molecule has 0 radical (unpaired) electrons. The Labute approximate surface area is 130 Å². The summed E-state index contributed by atoms with van der Waals surface area (Å²) in [6, 6.07) is 4.53. The largest absolute Gasteiger partial charge is 0.457 e. The minimum absolute atomic E-state index is 0.0871. The highest BCUT2D eigenvalue weighted by Crippen LogP contribution is 2.32. The Morgan fingerprint density at radius 3 is 3.18 bits per heavy atom. The Morgan fingerprint density at radius 1 is 1.36 bits per heavy atom. The van der Waals surface area contributed by atoms with Gasteiger partial charge in [-0.25, -0.2) is 4.79 Å². The average molecular weight is 302 g/mol. The first-order valence-electron chi connectivity index (χ1n) is 8.10. The molecule has 2 saturated heterocycles. The van der Waals surface area contributed by atoms with Crippen LogP contribution < -0.4 is 5.32 Å². The maximum absolute atomic E-state index is 11.7. The summed E-state index contributed by atoms with van der Waals surface area (Å²) in [5.74, 6) is -0.200. The molecule has 1 N–H and O–H groups in total. The molecule has 1 aromatic carbocycles. The number of hydrogen-bond donors (Lipinski definition) is 1. The predicted octanol–water partition coefficient (Wildman–Crippen LogP) is 1.40. The van der Waals surface area contributed by atoms with Gasteiger partial charge in [0, 0.05) is 44.4 Å². The summed E-state index contributed by atoms with van der Waals surface area (Å²) >= 11 is 0. The van der Waals surface area contributed by atoms with E-state index in [-0.39, 0.29) is 12.1 Å². The molecule has 1 unspecified atom stereocenters. The van der Waals surface area contributed by atoms with Crippen molar-refractivity contribution in [3.63, 3.8) is 0 Å². The second-order valence-electron chi connectivity index (χ2n) is 6.38. The van der Waals surface area contributed by atoms with E-state index in [9.17, 15) is 4.79 Å². The lowest BCUT2D eigenvalue weighted by atomic mass is 9.95. The van der Waals surface area contributed by atoms with Crippen LogP contribution >= 0.6 is 0 Å². The molecule has 3 heterocycles. The van der Waals surface area contributed by atoms with Gasteiger partial charge in [-0.1, -0.05) is 6.07 Å². The molecule has 0 bridgehead atoms. The van der Waals surface area contributed by atoms with Crippen molar-refractivity contribution in [1.29, 1.82) is 0 Å². The lowest BCUT2D eigenvalue weighted by molar-refractivity contribution is 0.0509. The van der Waals surface area contributed by atoms with Gasteiger partial charge in [-0.2, -0.15) is 0 Å². The number of hydrogen-bond acceptors (Lipinski definition) is 5. The number of carbonyl (C=O) groups excluding carboxylic acids is 1. The summed E-state index contributed by atoms with van der Waals surface area (Å²) in [4.78, 5) is 14.2. The first kappa shape index (κ1) is 14.2. The predicted molar refractivity (Wildman–Crippen MR) is 81.8 cm³/mol. The molecular weight excluding hydrogens is 280 g/mol. The molecule has 3 aliphatic rings. The number of cyclic esters (lactones) is 1. The monoisotopic (exact) mass is 302 g/mol. The van der Waals surface area contributed by atoms with E-state index in [1.807, 2.05) is 12.1 Å². The van der Waals surface area contributed by atoms with Gasteiger partial charge in [0.15, 0.2) is 0 Å². The van der Waals surface area contributed by atoms with E-state index in [4.69, 9.17) is 9.47 Å². The average Bonchev–Trinajstić information content (AvgIpc) is 2.79. The van der Waals surface area contributed by atoms with Crippen molar-refractivity contribution in [3.05, 3.63) is 34.4 Å². The van der Waals surface area contributed by atoms with Crippen LogP contribution in [-0.4, -0.2) is 49.7 Å². The van der Waals surface area contributed by atoms with E-state index in [0.717, 1.165) is 55.9 Å². The first-order valence-corrected chi connectivity index (χ1v) is 8.10. The number of piperazine rings is 1. The number of rotatable bonds is 1. The lowest BCUT2D eigenvalue weighted by Gasteiger charge is -2.35. The second-order valence-corrected chi connectivity index (χ2v) is 6.38. The molecule has 5 heteroatoms. The molecular formula is C17H22N2O3. The molecule has 22 heavy (non-hydrogen) atoms. The Kier molecular flexibility index (Phi) is 3.64. The van der Waals surface area contributed by atoms with Crippen LogP contribution in [0.3, 0.4) is 0 Å². The van der Waals surface area contributed by atoms with Gasteiger partial charge in [0.05, 0.1) is 11.7 Å². The van der Waals surface area contributed by atoms with Gasteiger partial charge in [-0.3, -0.25) is 4.90 Å². The van der Waals surface area contributed by atoms with E-state index in [1.54, 1.807) is 0 Å². The smallest absolute Gasteiger partial charge is 0.338 e. The standard InChI is InChI=1S/C17H22N2O3/c1-11-13(2-3-14-15(11)10-22-17(14)20)16-9-19-6-5-18-8-12(19)4-7-21-16/h2-3,12,16,18H,4-10H2,1H3/t12-,16?/m0/s1. The van der Waals surface area contributed by atoms with Crippen LogP contribution in [0.2, 0.25) is 0 Å². The van der Waals surface area contributed by atoms with E-state index in [1.165, 1.54) is 5.56 Å². The van der Waals surface area contributed by atoms with E-state index in [0.29, 0.717) is 12.6 Å². The third-order valence-electron chi connectivity index (χ3n) is 5.20. The van der Waals surface area contributed by atoms with Gasteiger partial charge in [-0.05, 0) is 30.5 Å². The fourth-order valence-corrected chi connectivity index (χ4v) is 3.84. The van der Waals surface area contributed by atoms with Crippen LogP contribution in [0, 0.1) is 6.92 Å². The summed E-state index contributed by atoms with van der Waals surface area (Å²) in [6.07, 6.45) is 1.17. The summed E-state index contributed by atoms with van der Waals surface area (Å²) in [6.45, 7) is 7.39. The molecule has 118 valence electrons. The Bertz CT molecular complexity index is 602. The van der Waals surface area contributed by atoms with Crippen molar-refractivity contribution in [3.8, 4) is 0 Å². The molecule has 3 aliphatic heterocycles. The normalized spacial score (nSPS) is 28.7. The molecule has 0 aromatic heterocycles. The highest BCUT2D eigenvalue weighted by Gasteiger charge is 2.31. The molecule has 0 saturated carbocycles. The highest BCUT2D eigenvalue weighted by atomic mass is 16.5. The number of benzene rings is 1. The van der Waals surface area contributed by atoms with Crippen LogP contribution in [0.15, 0.2) is 12.1 Å².